The number of nitrogens with zero attached hydrogens (tertiary/aromatic N) is 5. The molecule has 0 aromatic carbocycles. The Kier molecular flexibility index (Phi) is 5.60. The lowest BCUT2D eigenvalue weighted by Crippen LogP contribution is -2.33. The molecule has 0 saturated heterocycles. The number of thiazole rings is 1. The van der Waals surface area contributed by atoms with Crippen molar-refractivity contribution in [2.45, 2.75) is 33.9 Å². The van der Waals surface area contributed by atoms with Gasteiger partial charge in [-0.1, -0.05) is 6.07 Å². The molecule has 4 aromatic rings. The Bertz CT molecular complexity index is 1250. The van der Waals surface area contributed by atoms with Crippen LogP contribution in [0.25, 0.3) is 15.7 Å². The van der Waals surface area contributed by atoms with Crippen LogP contribution >= 0.6 is 22.7 Å². The highest BCUT2D eigenvalue weighted by atomic mass is 32.1. The third-order valence-corrected chi connectivity index (χ3v) is 6.64. The fourth-order valence-electron chi connectivity index (χ4n) is 2.99. The molecule has 4 aromatic heterocycles. The van der Waals surface area contributed by atoms with E-state index in [1.54, 1.807) is 33.4 Å². The van der Waals surface area contributed by atoms with Gasteiger partial charge >= 0.3 is 0 Å². The number of nitrogens with one attached hydrogen (secondary N) is 1. The topological polar surface area (TPSA) is 94.7 Å². The van der Waals surface area contributed by atoms with Crippen molar-refractivity contribution in [3.05, 3.63) is 68.0 Å². The van der Waals surface area contributed by atoms with Crippen molar-refractivity contribution in [2.24, 2.45) is 0 Å². The van der Waals surface area contributed by atoms with Crippen LogP contribution in [-0.2, 0) is 17.9 Å². The molecule has 0 unspecified atom stereocenters. The molecule has 0 aliphatic heterocycles. The van der Waals surface area contributed by atoms with Crippen LogP contribution in [0.15, 0.2) is 40.5 Å². The van der Waals surface area contributed by atoms with Crippen molar-refractivity contribution in [1.82, 2.24) is 29.9 Å². The molecule has 8 nitrogen and oxygen atoms in total. The summed E-state index contributed by atoms with van der Waals surface area (Å²) in [7, 11) is 0. The van der Waals surface area contributed by atoms with Gasteiger partial charge in [-0.3, -0.25) is 9.59 Å². The van der Waals surface area contributed by atoms with Crippen molar-refractivity contribution >= 4 is 28.6 Å². The highest BCUT2D eigenvalue weighted by Crippen LogP contribution is 2.30. The maximum absolute atomic E-state index is 12.5. The molecule has 0 bridgehead atoms. The monoisotopic (exact) mass is 440 g/mol. The zero-order valence-electron chi connectivity index (χ0n) is 16.7. The molecule has 0 saturated carbocycles. The molecule has 1 amide bonds. The molecule has 0 radical (unpaired) electrons. The predicted molar refractivity (Wildman–Crippen MR) is 117 cm³/mol. The number of carbonyl (C=O) groups excluding carboxylic acids is 1. The largest absolute Gasteiger partial charge is 0.350 e. The number of rotatable bonds is 6. The summed E-state index contributed by atoms with van der Waals surface area (Å²) in [6, 6.07) is 8.93. The minimum atomic E-state index is -0.343. The fourth-order valence-corrected chi connectivity index (χ4v) is 4.79. The summed E-state index contributed by atoms with van der Waals surface area (Å²) in [5.74, 6) is 0.201. The van der Waals surface area contributed by atoms with E-state index in [4.69, 9.17) is 0 Å². The Hall–Kier alpha value is -3.11. The standard InChI is InChI=1S/C20H20N6O2S2/c1-12-9-13(2)26(23-12)17-6-7-19(28)25(24-17)11-18(27)21-10-16-14(3)22-20(30-16)15-5-4-8-29-15/h4-9H,10-11H2,1-3H3,(H,21,27). The number of aryl methyl sites for hydroxylation is 3. The Morgan fingerprint density at radius 1 is 1.17 bits per heavy atom. The van der Waals surface area contributed by atoms with E-state index in [9.17, 15) is 9.59 Å². The average molecular weight is 441 g/mol. The lowest BCUT2D eigenvalue weighted by atomic mass is 10.4. The molecule has 30 heavy (non-hydrogen) atoms. The van der Waals surface area contributed by atoms with Crippen LogP contribution in [0.4, 0.5) is 0 Å². The summed E-state index contributed by atoms with van der Waals surface area (Å²) in [5, 5.41) is 14.5. The Balaban J connectivity index is 1.45. The van der Waals surface area contributed by atoms with Crippen LogP contribution in [-0.4, -0.2) is 30.5 Å². The van der Waals surface area contributed by atoms with Crippen LogP contribution in [0.1, 0.15) is 22.0 Å². The van der Waals surface area contributed by atoms with Gasteiger partial charge in [0.05, 0.1) is 22.8 Å². The molecule has 154 valence electrons. The molecule has 0 aliphatic carbocycles. The molecule has 4 heterocycles. The average Bonchev–Trinajstić information content (AvgIpc) is 3.42. The normalized spacial score (nSPS) is 11.0. The maximum Gasteiger partial charge on any atom is 0.267 e. The van der Waals surface area contributed by atoms with Crippen molar-refractivity contribution in [3.8, 4) is 15.7 Å². The van der Waals surface area contributed by atoms with Crippen LogP contribution < -0.4 is 10.9 Å². The summed E-state index contributed by atoms with van der Waals surface area (Å²) in [6.07, 6.45) is 0. The first-order chi connectivity index (χ1) is 14.4. The summed E-state index contributed by atoms with van der Waals surface area (Å²) in [6.45, 7) is 5.92. The van der Waals surface area contributed by atoms with Gasteiger partial charge in [-0.15, -0.1) is 27.8 Å². The lowest BCUT2D eigenvalue weighted by Gasteiger charge is -2.08. The van der Waals surface area contributed by atoms with Gasteiger partial charge in [0.2, 0.25) is 5.91 Å². The van der Waals surface area contributed by atoms with Gasteiger partial charge in [0.25, 0.3) is 5.56 Å². The molecule has 0 spiro atoms. The van der Waals surface area contributed by atoms with E-state index in [0.717, 1.165) is 36.5 Å². The van der Waals surface area contributed by atoms with Gasteiger partial charge in [-0.25, -0.2) is 14.3 Å². The van der Waals surface area contributed by atoms with Gasteiger partial charge in [0.1, 0.15) is 11.6 Å². The molecule has 0 fully saturated rings. The Morgan fingerprint density at radius 3 is 2.70 bits per heavy atom. The third-order valence-electron chi connectivity index (χ3n) is 4.44. The number of hydrogen-bond acceptors (Lipinski definition) is 7. The highest BCUT2D eigenvalue weighted by Gasteiger charge is 2.13. The van der Waals surface area contributed by atoms with Gasteiger partial charge in [0.15, 0.2) is 5.82 Å². The Morgan fingerprint density at radius 2 is 2.00 bits per heavy atom. The summed E-state index contributed by atoms with van der Waals surface area (Å²) < 4.78 is 2.80. The fraction of sp³-hybridized carbons (Fsp3) is 0.250. The quantitative estimate of drug-likeness (QED) is 0.497. The van der Waals surface area contributed by atoms with Gasteiger partial charge in [0, 0.05) is 16.6 Å². The van der Waals surface area contributed by atoms with E-state index in [1.165, 1.54) is 6.07 Å². The van der Waals surface area contributed by atoms with E-state index in [1.807, 2.05) is 44.4 Å². The third kappa shape index (κ3) is 4.24. The van der Waals surface area contributed by atoms with Crippen molar-refractivity contribution < 1.29 is 4.79 Å². The van der Waals surface area contributed by atoms with Crippen molar-refractivity contribution in [3.63, 3.8) is 0 Å². The van der Waals surface area contributed by atoms with Gasteiger partial charge in [-0.2, -0.15) is 5.10 Å². The maximum atomic E-state index is 12.5. The zero-order chi connectivity index (χ0) is 21.3. The van der Waals surface area contributed by atoms with Crippen molar-refractivity contribution in [2.75, 3.05) is 0 Å². The molecule has 10 heteroatoms. The zero-order valence-corrected chi connectivity index (χ0v) is 18.4. The first-order valence-corrected chi connectivity index (χ1v) is 11.0. The number of thiophene rings is 1. The molecular formula is C20H20N6O2S2. The van der Waals surface area contributed by atoms with Crippen LogP contribution in [0, 0.1) is 20.8 Å². The van der Waals surface area contributed by atoms with Crippen molar-refractivity contribution in [1.29, 1.82) is 0 Å². The first-order valence-electron chi connectivity index (χ1n) is 9.29. The summed E-state index contributed by atoms with van der Waals surface area (Å²) >= 11 is 3.20. The number of carbonyl (C=O) groups is 1. The van der Waals surface area contributed by atoms with Gasteiger partial charge in [-0.05, 0) is 44.4 Å². The first kappa shape index (κ1) is 20.2. The van der Waals surface area contributed by atoms with E-state index in [2.05, 4.69) is 20.5 Å². The van der Waals surface area contributed by atoms with Crippen LogP contribution in [0.3, 0.4) is 0 Å². The Labute approximate surface area is 180 Å². The summed E-state index contributed by atoms with van der Waals surface area (Å²) in [5.41, 5.74) is 2.30. The number of aromatic nitrogens is 5. The van der Waals surface area contributed by atoms with Crippen LogP contribution in [0.5, 0.6) is 0 Å². The molecule has 0 atom stereocenters. The number of hydrogen-bond donors (Lipinski definition) is 1. The smallest absolute Gasteiger partial charge is 0.267 e. The van der Waals surface area contributed by atoms with Crippen LogP contribution in [0.2, 0.25) is 0 Å². The SMILES string of the molecule is Cc1cc(C)n(-c2ccc(=O)n(CC(=O)NCc3sc(-c4cccs4)nc3C)n2)n1. The summed E-state index contributed by atoms with van der Waals surface area (Å²) in [4.78, 5) is 31.3. The van der Waals surface area contributed by atoms with E-state index >= 15 is 0 Å². The second-order valence-corrected chi connectivity index (χ2v) is 8.84. The second kappa shape index (κ2) is 8.33. The second-order valence-electron chi connectivity index (χ2n) is 6.81. The lowest BCUT2D eigenvalue weighted by molar-refractivity contribution is -0.122. The molecule has 0 aliphatic rings. The molecule has 4 rings (SSSR count). The molecular weight excluding hydrogens is 420 g/mol. The minimum absolute atomic E-state index is 0.165. The predicted octanol–water partition coefficient (Wildman–Crippen LogP) is 2.86. The highest BCUT2D eigenvalue weighted by molar-refractivity contribution is 7.21. The van der Waals surface area contributed by atoms with E-state index in [-0.39, 0.29) is 18.0 Å². The van der Waals surface area contributed by atoms with E-state index in [0.29, 0.717) is 12.4 Å². The number of amides is 1. The minimum Gasteiger partial charge on any atom is -0.350 e. The van der Waals surface area contributed by atoms with E-state index < -0.39 is 0 Å². The van der Waals surface area contributed by atoms with Gasteiger partial charge < -0.3 is 5.32 Å². The molecule has 1 N–H and O–H groups in total.